The molecule has 0 aliphatic rings. The Kier molecular flexibility index (Phi) is 6.36. The summed E-state index contributed by atoms with van der Waals surface area (Å²) in [5.41, 5.74) is 1.13. The lowest BCUT2D eigenvalue weighted by molar-refractivity contribution is -0.121. The SMILES string of the molecule is COc1ccc(CNCC(=O)NC(C)C(C)C)cc1. The van der Waals surface area contributed by atoms with Crippen LogP contribution in [-0.4, -0.2) is 25.6 Å². The van der Waals surface area contributed by atoms with Crippen LogP contribution in [0.4, 0.5) is 0 Å². The zero-order valence-electron chi connectivity index (χ0n) is 12.2. The Morgan fingerprint density at radius 2 is 1.84 bits per heavy atom. The summed E-state index contributed by atoms with van der Waals surface area (Å²) >= 11 is 0. The molecule has 1 aromatic carbocycles. The van der Waals surface area contributed by atoms with Crippen LogP contribution >= 0.6 is 0 Å². The van der Waals surface area contributed by atoms with Gasteiger partial charge in [-0.05, 0) is 30.5 Å². The van der Waals surface area contributed by atoms with E-state index in [4.69, 9.17) is 4.74 Å². The maximum Gasteiger partial charge on any atom is 0.234 e. The molecule has 4 nitrogen and oxygen atoms in total. The Morgan fingerprint density at radius 3 is 2.37 bits per heavy atom. The zero-order chi connectivity index (χ0) is 14.3. The van der Waals surface area contributed by atoms with Crippen molar-refractivity contribution < 1.29 is 9.53 Å². The van der Waals surface area contributed by atoms with Crippen molar-refractivity contribution in [2.24, 2.45) is 5.92 Å². The number of carbonyl (C=O) groups is 1. The van der Waals surface area contributed by atoms with E-state index in [0.29, 0.717) is 19.0 Å². The standard InChI is InChI=1S/C15H24N2O2/c1-11(2)12(3)17-15(18)10-16-9-13-5-7-14(19-4)8-6-13/h5-8,11-12,16H,9-10H2,1-4H3,(H,17,18). The van der Waals surface area contributed by atoms with Crippen LogP contribution in [0.15, 0.2) is 24.3 Å². The number of hydrogen-bond acceptors (Lipinski definition) is 3. The van der Waals surface area contributed by atoms with Crippen LogP contribution in [0.5, 0.6) is 5.75 Å². The second kappa shape index (κ2) is 7.79. The first kappa shape index (κ1) is 15.5. The van der Waals surface area contributed by atoms with Crippen molar-refractivity contribution in [3.63, 3.8) is 0 Å². The van der Waals surface area contributed by atoms with E-state index in [1.807, 2.05) is 31.2 Å². The van der Waals surface area contributed by atoms with Crippen molar-refractivity contribution in [3.8, 4) is 5.75 Å². The van der Waals surface area contributed by atoms with E-state index in [0.717, 1.165) is 11.3 Å². The summed E-state index contributed by atoms with van der Waals surface area (Å²) in [5.74, 6) is 1.33. The van der Waals surface area contributed by atoms with Crippen LogP contribution in [0.1, 0.15) is 26.3 Å². The summed E-state index contributed by atoms with van der Waals surface area (Å²) in [7, 11) is 1.65. The first-order valence-corrected chi connectivity index (χ1v) is 6.66. The molecule has 0 aliphatic heterocycles. The number of methoxy groups -OCH3 is 1. The highest BCUT2D eigenvalue weighted by Crippen LogP contribution is 2.10. The van der Waals surface area contributed by atoms with Crippen LogP contribution in [0.2, 0.25) is 0 Å². The third kappa shape index (κ3) is 5.75. The summed E-state index contributed by atoms with van der Waals surface area (Å²) in [6, 6.07) is 8.01. The van der Waals surface area contributed by atoms with Crippen LogP contribution in [0.3, 0.4) is 0 Å². The van der Waals surface area contributed by atoms with E-state index in [-0.39, 0.29) is 11.9 Å². The van der Waals surface area contributed by atoms with Crippen LogP contribution in [-0.2, 0) is 11.3 Å². The average Bonchev–Trinajstić information content (AvgIpc) is 2.39. The summed E-state index contributed by atoms with van der Waals surface area (Å²) in [4.78, 5) is 11.7. The average molecular weight is 264 g/mol. The molecule has 2 N–H and O–H groups in total. The molecule has 4 heteroatoms. The van der Waals surface area contributed by atoms with Gasteiger partial charge in [0.25, 0.3) is 0 Å². The highest BCUT2D eigenvalue weighted by atomic mass is 16.5. The van der Waals surface area contributed by atoms with Crippen molar-refractivity contribution in [1.82, 2.24) is 10.6 Å². The predicted molar refractivity (Wildman–Crippen MR) is 77.1 cm³/mol. The smallest absolute Gasteiger partial charge is 0.234 e. The van der Waals surface area contributed by atoms with E-state index in [2.05, 4.69) is 24.5 Å². The summed E-state index contributed by atoms with van der Waals surface area (Å²) < 4.78 is 5.09. The molecular formula is C15H24N2O2. The Morgan fingerprint density at radius 1 is 1.21 bits per heavy atom. The zero-order valence-corrected chi connectivity index (χ0v) is 12.2. The minimum atomic E-state index is 0.0368. The molecule has 1 aromatic rings. The van der Waals surface area contributed by atoms with Crippen molar-refractivity contribution >= 4 is 5.91 Å². The Hall–Kier alpha value is -1.55. The number of carbonyl (C=O) groups excluding carboxylic acids is 1. The quantitative estimate of drug-likeness (QED) is 0.791. The molecule has 0 saturated carbocycles. The molecule has 1 amide bonds. The molecule has 1 atom stereocenters. The number of rotatable bonds is 7. The van der Waals surface area contributed by atoms with Gasteiger partial charge >= 0.3 is 0 Å². The van der Waals surface area contributed by atoms with Crippen molar-refractivity contribution in [3.05, 3.63) is 29.8 Å². The highest BCUT2D eigenvalue weighted by Gasteiger charge is 2.09. The molecule has 0 saturated heterocycles. The molecule has 1 unspecified atom stereocenters. The monoisotopic (exact) mass is 264 g/mol. The minimum Gasteiger partial charge on any atom is -0.497 e. The van der Waals surface area contributed by atoms with E-state index in [1.165, 1.54) is 0 Å². The molecule has 0 fully saturated rings. The molecule has 19 heavy (non-hydrogen) atoms. The van der Waals surface area contributed by atoms with Gasteiger partial charge in [-0.2, -0.15) is 0 Å². The number of hydrogen-bond donors (Lipinski definition) is 2. The molecule has 0 aromatic heterocycles. The number of nitrogens with one attached hydrogen (secondary N) is 2. The molecule has 106 valence electrons. The Balaban J connectivity index is 2.27. The van der Waals surface area contributed by atoms with Gasteiger partial charge in [0.15, 0.2) is 0 Å². The minimum absolute atomic E-state index is 0.0368. The summed E-state index contributed by atoms with van der Waals surface area (Å²) in [5, 5.41) is 6.09. The fraction of sp³-hybridized carbons (Fsp3) is 0.533. The topological polar surface area (TPSA) is 50.4 Å². The van der Waals surface area contributed by atoms with Gasteiger partial charge in [-0.1, -0.05) is 26.0 Å². The molecular weight excluding hydrogens is 240 g/mol. The second-order valence-corrected chi connectivity index (χ2v) is 5.05. The van der Waals surface area contributed by atoms with E-state index < -0.39 is 0 Å². The molecule has 0 heterocycles. The van der Waals surface area contributed by atoms with Gasteiger partial charge in [0.05, 0.1) is 13.7 Å². The molecule has 0 aliphatic carbocycles. The Bertz CT molecular complexity index is 388. The van der Waals surface area contributed by atoms with Crippen molar-refractivity contribution in [1.29, 1.82) is 0 Å². The lowest BCUT2D eigenvalue weighted by Crippen LogP contribution is -2.41. The van der Waals surface area contributed by atoms with Gasteiger partial charge in [0.1, 0.15) is 5.75 Å². The predicted octanol–water partition coefficient (Wildman–Crippen LogP) is 1.95. The molecule has 0 radical (unpaired) electrons. The van der Waals surface area contributed by atoms with E-state index in [1.54, 1.807) is 7.11 Å². The maximum absolute atomic E-state index is 11.7. The number of ether oxygens (including phenoxy) is 1. The van der Waals surface area contributed by atoms with Gasteiger partial charge in [0.2, 0.25) is 5.91 Å². The van der Waals surface area contributed by atoms with Crippen LogP contribution in [0, 0.1) is 5.92 Å². The second-order valence-electron chi connectivity index (χ2n) is 5.05. The number of amides is 1. The fourth-order valence-electron chi connectivity index (χ4n) is 1.54. The summed E-state index contributed by atoms with van der Waals surface area (Å²) in [6.07, 6.45) is 0. The molecule has 1 rings (SSSR count). The van der Waals surface area contributed by atoms with Crippen molar-refractivity contribution in [2.45, 2.75) is 33.4 Å². The molecule has 0 spiro atoms. The van der Waals surface area contributed by atoms with Gasteiger partial charge < -0.3 is 15.4 Å². The van der Waals surface area contributed by atoms with E-state index >= 15 is 0 Å². The van der Waals surface area contributed by atoms with Gasteiger partial charge in [-0.3, -0.25) is 4.79 Å². The van der Waals surface area contributed by atoms with Crippen molar-refractivity contribution in [2.75, 3.05) is 13.7 Å². The largest absolute Gasteiger partial charge is 0.497 e. The Labute approximate surface area is 115 Å². The van der Waals surface area contributed by atoms with Gasteiger partial charge in [0, 0.05) is 12.6 Å². The van der Waals surface area contributed by atoms with Crippen LogP contribution < -0.4 is 15.4 Å². The van der Waals surface area contributed by atoms with E-state index in [9.17, 15) is 4.79 Å². The van der Waals surface area contributed by atoms with Crippen LogP contribution in [0.25, 0.3) is 0 Å². The first-order chi connectivity index (χ1) is 9.02. The lowest BCUT2D eigenvalue weighted by Gasteiger charge is -2.17. The normalized spacial score (nSPS) is 12.3. The lowest BCUT2D eigenvalue weighted by atomic mass is 10.1. The summed E-state index contributed by atoms with van der Waals surface area (Å²) in [6.45, 7) is 7.22. The third-order valence-corrected chi connectivity index (χ3v) is 3.16. The fourth-order valence-corrected chi connectivity index (χ4v) is 1.54. The first-order valence-electron chi connectivity index (χ1n) is 6.66. The number of benzene rings is 1. The van der Waals surface area contributed by atoms with Gasteiger partial charge in [-0.25, -0.2) is 0 Å². The maximum atomic E-state index is 11.7. The molecule has 0 bridgehead atoms. The highest BCUT2D eigenvalue weighted by molar-refractivity contribution is 5.78. The van der Waals surface area contributed by atoms with Gasteiger partial charge in [-0.15, -0.1) is 0 Å². The third-order valence-electron chi connectivity index (χ3n) is 3.16.